The van der Waals surface area contributed by atoms with Crippen molar-refractivity contribution in [3.05, 3.63) is 0 Å². The number of rotatable bonds is 5. The molecule has 7 heteroatoms. The fourth-order valence-corrected chi connectivity index (χ4v) is 5.73. The van der Waals surface area contributed by atoms with E-state index in [2.05, 4.69) is 31.9 Å². The summed E-state index contributed by atoms with van der Waals surface area (Å²) in [5.41, 5.74) is 0.348. The normalized spacial score (nSPS) is 27.2. The van der Waals surface area contributed by atoms with Gasteiger partial charge in [0.15, 0.2) is 5.96 Å². The summed E-state index contributed by atoms with van der Waals surface area (Å²) < 4.78 is 5.34. The third-order valence-corrected chi connectivity index (χ3v) is 7.18. The number of ether oxygens (including phenoxy) is 1. The van der Waals surface area contributed by atoms with Gasteiger partial charge in [0.2, 0.25) is 0 Å². The molecule has 1 aliphatic carbocycles. The van der Waals surface area contributed by atoms with Crippen LogP contribution in [0.4, 0.5) is 0 Å². The first-order chi connectivity index (χ1) is 12.3. The van der Waals surface area contributed by atoms with Crippen LogP contribution in [-0.2, 0) is 4.74 Å². The van der Waals surface area contributed by atoms with Crippen LogP contribution in [0.15, 0.2) is 4.99 Å². The second-order valence-electron chi connectivity index (χ2n) is 7.84. The Bertz CT molecular complexity index is 439. The Hall–Kier alpha value is 0.270. The van der Waals surface area contributed by atoms with Gasteiger partial charge >= 0.3 is 0 Å². The van der Waals surface area contributed by atoms with Gasteiger partial charge in [-0.25, -0.2) is 0 Å². The first kappa shape index (κ1) is 22.6. The van der Waals surface area contributed by atoms with Gasteiger partial charge in [0, 0.05) is 69.8 Å². The van der Waals surface area contributed by atoms with Crippen molar-refractivity contribution in [2.45, 2.75) is 44.1 Å². The molecule has 152 valence electrons. The van der Waals surface area contributed by atoms with E-state index in [9.17, 15) is 0 Å². The molecule has 1 saturated carbocycles. The highest BCUT2D eigenvalue weighted by Crippen LogP contribution is 2.35. The Kier molecular flexibility index (Phi) is 9.82. The molecule has 26 heavy (non-hydrogen) atoms. The molecule has 0 bridgehead atoms. The number of halogens is 1. The highest BCUT2D eigenvalue weighted by atomic mass is 127. The van der Waals surface area contributed by atoms with Gasteiger partial charge in [-0.15, -0.1) is 24.0 Å². The molecule has 2 aliphatic heterocycles. The lowest BCUT2D eigenvalue weighted by Gasteiger charge is -2.48. The fourth-order valence-electron chi connectivity index (χ4n) is 4.83. The molecule has 3 rings (SSSR count). The van der Waals surface area contributed by atoms with E-state index in [-0.39, 0.29) is 24.0 Å². The molecule has 1 atom stereocenters. The van der Waals surface area contributed by atoms with Crippen LogP contribution in [0.25, 0.3) is 0 Å². The molecule has 0 amide bonds. The first-order valence-corrected chi connectivity index (χ1v) is 11.2. The van der Waals surface area contributed by atoms with Gasteiger partial charge < -0.3 is 15.0 Å². The van der Waals surface area contributed by atoms with Gasteiger partial charge in [0.25, 0.3) is 0 Å². The molecule has 0 spiro atoms. The summed E-state index contributed by atoms with van der Waals surface area (Å²) in [6.45, 7) is 6.59. The average Bonchev–Trinajstić information content (AvgIpc) is 3.12. The Morgan fingerprint density at radius 1 is 1.19 bits per heavy atom. The van der Waals surface area contributed by atoms with Crippen LogP contribution >= 0.6 is 35.7 Å². The van der Waals surface area contributed by atoms with E-state index in [1.54, 1.807) is 7.11 Å². The summed E-state index contributed by atoms with van der Waals surface area (Å²) in [5, 5.41) is 3.77. The molecule has 1 unspecified atom stereocenters. The number of nitrogens with one attached hydrogen (secondary N) is 1. The number of guanidine groups is 1. The van der Waals surface area contributed by atoms with Crippen molar-refractivity contribution in [2.24, 2.45) is 10.9 Å². The molecule has 0 aromatic carbocycles. The van der Waals surface area contributed by atoms with Crippen LogP contribution in [0.3, 0.4) is 0 Å². The zero-order valence-corrected chi connectivity index (χ0v) is 19.7. The van der Waals surface area contributed by atoms with Crippen molar-refractivity contribution >= 4 is 41.7 Å². The van der Waals surface area contributed by atoms with Crippen LogP contribution in [0.1, 0.15) is 38.5 Å². The Morgan fingerprint density at radius 3 is 2.58 bits per heavy atom. The predicted octanol–water partition coefficient (Wildman–Crippen LogP) is 2.90. The molecule has 2 saturated heterocycles. The molecular weight excluding hydrogens is 459 g/mol. The number of methoxy groups -OCH3 is 1. The lowest BCUT2D eigenvalue weighted by Crippen LogP contribution is -2.60. The standard InChI is InChI=1S/C19H36N4OS.HI/c1-20-18(22-9-6-17(14-22)15-24-2)21-16-19(7-4-3-5-8-19)23-10-12-25-13-11-23;/h17H,3-16H2,1-2H3,(H,20,21);1H. The van der Waals surface area contributed by atoms with E-state index < -0.39 is 0 Å². The van der Waals surface area contributed by atoms with E-state index in [0.29, 0.717) is 11.5 Å². The van der Waals surface area contributed by atoms with E-state index in [0.717, 1.165) is 32.2 Å². The van der Waals surface area contributed by atoms with E-state index >= 15 is 0 Å². The maximum Gasteiger partial charge on any atom is 0.193 e. The van der Waals surface area contributed by atoms with Gasteiger partial charge in [-0.2, -0.15) is 11.8 Å². The predicted molar refractivity (Wildman–Crippen MR) is 123 cm³/mol. The number of hydrogen-bond donors (Lipinski definition) is 1. The van der Waals surface area contributed by atoms with Crippen LogP contribution in [0, 0.1) is 5.92 Å². The maximum absolute atomic E-state index is 5.34. The van der Waals surface area contributed by atoms with E-state index in [1.807, 2.05) is 7.05 Å². The average molecular weight is 497 g/mol. The molecule has 1 N–H and O–H groups in total. The molecule has 0 aromatic heterocycles. The minimum Gasteiger partial charge on any atom is -0.384 e. The second-order valence-corrected chi connectivity index (χ2v) is 9.07. The zero-order chi connectivity index (χ0) is 17.5. The summed E-state index contributed by atoms with van der Waals surface area (Å²) in [5.74, 6) is 4.32. The van der Waals surface area contributed by atoms with Crippen LogP contribution in [0.2, 0.25) is 0 Å². The minimum absolute atomic E-state index is 0. The lowest BCUT2D eigenvalue weighted by molar-refractivity contribution is 0.0620. The second kappa shape index (κ2) is 11.3. The summed E-state index contributed by atoms with van der Waals surface area (Å²) in [7, 11) is 3.73. The number of hydrogen-bond acceptors (Lipinski definition) is 4. The molecule has 2 heterocycles. The van der Waals surface area contributed by atoms with Crippen molar-refractivity contribution in [3.8, 4) is 0 Å². The SMILES string of the molecule is CN=C(NCC1(N2CCSCC2)CCCCC1)N1CCC(COC)C1.I. The summed E-state index contributed by atoms with van der Waals surface area (Å²) >= 11 is 2.11. The fraction of sp³-hybridized carbons (Fsp3) is 0.947. The number of nitrogens with zero attached hydrogens (tertiary/aromatic N) is 3. The number of thioether (sulfide) groups is 1. The van der Waals surface area contributed by atoms with Crippen molar-refractivity contribution in [3.63, 3.8) is 0 Å². The molecule has 0 radical (unpaired) electrons. The quantitative estimate of drug-likeness (QED) is 0.360. The first-order valence-electron chi connectivity index (χ1n) is 10.0. The van der Waals surface area contributed by atoms with Gasteiger partial charge in [-0.1, -0.05) is 19.3 Å². The van der Waals surface area contributed by atoms with Crippen molar-refractivity contribution in [1.82, 2.24) is 15.1 Å². The monoisotopic (exact) mass is 496 g/mol. The minimum atomic E-state index is 0. The summed E-state index contributed by atoms with van der Waals surface area (Å²) in [4.78, 5) is 9.81. The summed E-state index contributed by atoms with van der Waals surface area (Å²) in [6, 6.07) is 0. The van der Waals surface area contributed by atoms with Crippen molar-refractivity contribution in [2.75, 3.05) is 65.0 Å². The van der Waals surface area contributed by atoms with E-state index in [4.69, 9.17) is 4.74 Å². The Balaban J connectivity index is 0.00000243. The third-order valence-electron chi connectivity index (χ3n) is 6.24. The maximum atomic E-state index is 5.34. The third kappa shape index (κ3) is 5.64. The van der Waals surface area contributed by atoms with Gasteiger partial charge in [0.1, 0.15) is 0 Å². The lowest BCUT2D eigenvalue weighted by atomic mass is 9.80. The smallest absolute Gasteiger partial charge is 0.193 e. The van der Waals surface area contributed by atoms with Crippen molar-refractivity contribution in [1.29, 1.82) is 0 Å². The topological polar surface area (TPSA) is 40.1 Å². The Morgan fingerprint density at radius 2 is 1.92 bits per heavy atom. The number of aliphatic imine (C=N–C) groups is 1. The van der Waals surface area contributed by atoms with Gasteiger partial charge in [-0.05, 0) is 19.3 Å². The Labute approximate surface area is 181 Å². The summed E-state index contributed by atoms with van der Waals surface area (Å²) in [6.07, 6.45) is 8.06. The van der Waals surface area contributed by atoms with Crippen LogP contribution in [0.5, 0.6) is 0 Å². The molecule has 3 fully saturated rings. The zero-order valence-electron chi connectivity index (χ0n) is 16.5. The molecular formula is C19H37IN4OS. The number of likely N-dealkylation sites (tertiary alicyclic amines) is 1. The highest BCUT2D eigenvalue weighted by molar-refractivity contribution is 14.0. The largest absolute Gasteiger partial charge is 0.384 e. The van der Waals surface area contributed by atoms with Crippen LogP contribution in [-0.4, -0.2) is 86.3 Å². The van der Waals surface area contributed by atoms with Crippen molar-refractivity contribution < 1.29 is 4.74 Å². The highest BCUT2D eigenvalue weighted by Gasteiger charge is 2.39. The van der Waals surface area contributed by atoms with E-state index in [1.165, 1.54) is 63.1 Å². The van der Waals surface area contributed by atoms with Crippen LogP contribution < -0.4 is 5.32 Å². The van der Waals surface area contributed by atoms with Gasteiger partial charge in [-0.3, -0.25) is 9.89 Å². The molecule has 0 aromatic rings. The van der Waals surface area contributed by atoms with Gasteiger partial charge in [0.05, 0.1) is 6.61 Å². The molecule has 5 nitrogen and oxygen atoms in total. The molecule has 3 aliphatic rings.